The molecule has 0 amide bonds. The Morgan fingerprint density at radius 2 is 2.06 bits per heavy atom. The molecule has 0 bridgehead atoms. The summed E-state index contributed by atoms with van der Waals surface area (Å²) >= 11 is 0. The monoisotopic (exact) mass is 235 g/mol. The second kappa shape index (κ2) is 4.55. The zero-order valence-electron chi connectivity index (χ0n) is 11.1. The van der Waals surface area contributed by atoms with Crippen LogP contribution < -0.4 is 9.47 Å². The van der Waals surface area contributed by atoms with Crippen molar-refractivity contribution < 1.29 is 9.47 Å². The predicted molar refractivity (Wildman–Crippen MR) is 67.6 cm³/mol. The average molecular weight is 235 g/mol. The molecule has 3 nitrogen and oxygen atoms in total. The molecule has 1 fully saturated rings. The van der Waals surface area contributed by atoms with Gasteiger partial charge in [-0.25, -0.2) is 4.98 Å². The SMILES string of the molecule is CCc1cnc(OC(C)(C)C)cc1OC1CC1. The minimum atomic E-state index is -0.225. The Morgan fingerprint density at radius 3 is 2.59 bits per heavy atom. The van der Waals surface area contributed by atoms with Crippen LogP contribution in [0.2, 0.25) is 0 Å². The summed E-state index contributed by atoms with van der Waals surface area (Å²) in [6.45, 7) is 8.17. The highest BCUT2D eigenvalue weighted by atomic mass is 16.5. The summed E-state index contributed by atoms with van der Waals surface area (Å²) in [5.41, 5.74) is 0.926. The molecule has 2 rings (SSSR count). The van der Waals surface area contributed by atoms with Crippen molar-refractivity contribution in [1.29, 1.82) is 0 Å². The Hall–Kier alpha value is -1.25. The van der Waals surface area contributed by atoms with E-state index in [-0.39, 0.29) is 5.60 Å². The maximum absolute atomic E-state index is 5.88. The van der Waals surface area contributed by atoms with E-state index in [0.717, 1.165) is 17.7 Å². The van der Waals surface area contributed by atoms with Crippen LogP contribution in [0.1, 0.15) is 46.1 Å². The van der Waals surface area contributed by atoms with E-state index in [1.807, 2.05) is 33.0 Å². The summed E-state index contributed by atoms with van der Waals surface area (Å²) in [6.07, 6.45) is 5.54. The van der Waals surface area contributed by atoms with Crippen molar-refractivity contribution in [1.82, 2.24) is 4.98 Å². The van der Waals surface area contributed by atoms with E-state index >= 15 is 0 Å². The number of hydrogen-bond donors (Lipinski definition) is 0. The lowest BCUT2D eigenvalue weighted by Gasteiger charge is -2.21. The molecule has 1 aliphatic carbocycles. The third-order valence-corrected chi connectivity index (χ3v) is 2.53. The molecule has 1 aromatic heterocycles. The molecule has 1 aliphatic rings. The maximum Gasteiger partial charge on any atom is 0.217 e. The highest BCUT2D eigenvalue weighted by Crippen LogP contribution is 2.31. The van der Waals surface area contributed by atoms with Crippen LogP contribution in [0.4, 0.5) is 0 Å². The normalized spacial score (nSPS) is 15.8. The molecule has 0 unspecified atom stereocenters. The van der Waals surface area contributed by atoms with Gasteiger partial charge in [0.25, 0.3) is 0 Å². The number of rotatable bonds is 4. The van der Waals surface area contributed by atoms with Crippen molar-refractivity contribution in [3.8, 4) is 11.6 Å². The van der Waals surface area contributed by atoms with Crippen molar-refractivity contribution in [2.75, 3.05) is 0 Å². The number of aromatic nitrogens is 1. The molecular formula is C14H21NO2. The third-order valence-electron chi connectivity index (χ3n) is 2.53. The first-order valence-corrected chi connectivity index (χ1v) is 6.32. The zero-order valence-corrected chi connectivity index (χ0v) is 11.1. The first kappa shape index (κ1) is 12.2. The Bertz CT molecular complexity index is 392. The summed E-state index contributed by atoms with van der Waals surface area (Å²) in [7, 11) is 0. The van der Waals surface area contributed by atoms with Gasteiger partial charge in [0, 0.05) is 17.8 Å². The van der Waals surface area contributed by atoms with Crippen molar-refractivity contribution in [2.24, 2.45) is 0 Å². The minimum Gasteiger partial charge on any atom is -0.490 e. The van der Waals surface area contributed by atoms with E-state index in [0.29, 0.717) is 12.0 Å². The van der Waals surface area contributed by atoms with E-state index in [2.05, 4.69) is 11.9 Å². The van der Waals surface area contributed by atoms with Crippen LogP contribution in [-0.4, -0.2) is 16.7 Å². The van der Waals surface area contributed by atoms with Crippen molar-refractivity contribution in [2.45, 2.75) is 58.7 Å². The summed E-state index contributed by atoms with van der Waals surface area (Å²) in [6, 6.07) is 1.92. The smallest absolute Gasteiger partial charge is 0.217 e. The topological polar surface area (TPSA) is 31.4 Å². The van der Waals surface area contributed by atoms with Crippen LogP contribution >= 0.6 is 0 Å². The van der Waals surface area contributed by atoms with Crippen LogP contribution in [0, 0.1) is 0 Å². The predicted octanol–water partition coefficient (Wildman–Crippen LogP) is 3.36. The molecule has 0 N–H and O–H groups in total. The molecule has 0 saturated heterocycles. The largest absolute Gasteiger partial charge is 0.490 e. The van der Waals surface area contributed by atoms with Gasteiger partial charge < -0.3 is 9.47 Å². The molecule has 1 aromatic rings. The van der Waals surface area contributed by atoms with Gasteiger partial charge in [0.2, 0.25) is 5.88 Å². The second-order valence-electron chi connectivity index (χ2n) is 5.52. The number of nitrogens with zero attached hydrogens (tertiary/aromatic N) is 1. The summed E-state index contributed by atoms with van der Waals surface area (Å²) in [4.78, 5) is 4.32. The van der Waals surface area contributed by atoms with Gasteiger partial charge in [0.15, 0.2) is 0 Å². The standard InChI is InChI=1S/C14H21NO2/c1-5-10-9-15-13(17-14(2,3)4)8-12(10)16-11-6-7-11/h8-9,11H,5-7H2,1-4H3. The van der Waals surface area contributed by atoms with Gasteiger partial charge in [0.05, 0.1) is 6.10 Å². The quantitative estimate of drug-likeness (QED) is 0.802. The molecule has 1 saturated carbocycles. The Kier molecular flexibility index (Phi) is 3.27. The Balaban J connectivity index is 2.17. The van der Waals surface area contributed by atoms with Crippen molar-refractivity contribution in [3.05, 3.63) is 17.8 Å². The van der Waals surface area contributed by atoms with Crippen LogP contribution in [-0.2, 0) is 6.42 Å². The number of pyridine rings is 1. The average Bonchev–Trinajstić information content (AvgIpc) is 3.00. The fourth-order valence-electron chi connectivity index (χ4n) is 1.56. The summed E-state index contributed by atoms with van der Waals surface area (Å²) in [5, 5.41) is 0. The van der Waals surface area contributed by atoms with Gasteiger partial charge >= 0.3 is 0 Å². The van der Waals surface area contributed by atoms with Crippen molar-refractivity contribution >= 4 is 0 Å². The number of ether oxygens (including phenoxy) is 2. The molecule has 0 aliphatic heterocycles. The molecule has 0 spiro atoms. The molecule has 94 valence electrons. The zero-order chi connectivity index (χ0) is 12.5. The molecule has 1 heterocycles. The van der Waals surface area contributed by atoms with Gasteiger partial charge in [-0.2, -0.15) is 0 Å². The molecule has 0 radical (unpaired) electrons. The fraction of sp³-hybridized carbons (Fsp3) is 0.643. The van der Waals surface area contributed by atoms with Crippen molar-refractivity contribution in [3.63, 3.8) is 0 Å². The third kappa shape index (κ3) is 3.62. The summed E-state index contributed by atoms with van der Waals surface area (Å²) in [5.74, 6) is 1.58. The fourth-order valence-corrected chi connectivity index (χ4v) is 1.56. The van der Waals surface area contributed by atoms with E-state index in [1.54, 1.807) is 0 Å². The van der Waals surface area contributed by atoms with Gasteiger partial charge in [-0.05, 0) is 40.0 Å². The lowest BCUT2D eigenvalue weighted by molar-refractivity contribution is 0.123. The molecule has 0 aromatic carbocycles. The van der Waals surface area contributed by atoms with E-state index < -0.39 is 0 Å². The maximum atomic E-state index is 5.88. The molecule has 17 heavy (non-hydrogen) atoms. The Morgan fingerprint density at radius 1 is 1.35 bits per heavy atom. The van der Waals surface area contributed by atoms with Gasteiger partial charge in [0.1, 0.15) is 11.4 Å². The first-order valence-electron chi connectivity index (χ1n) is 6.32. The lowest BCUT2D eigenvalue weighted by atomic mass is 10.2. The van der Waals surface area contributed by atoms with E-state index in [9.17, 15) is 0 Å². The van der Waals surface area contributed by atoms with Crippen LogP contribution in [0.25, 0.3) is 0 Å². The molecule has 3 heteroatoms. The van der Waals surface area contributed by atoms with E-state index in [4.69, 9.17) is 9.47 Å². The highest BCUT2D eigenvalue weighted by Gasteiger charge is 2.25. The van der Waals surface area contributed by atoms with Crippen LogP contribution in [0.5, 0.6) is 11.6 Å². The van der Waals surface area contributed by atoms with Gasteiger partial charge in [-0.3, -0.25) is 0 Å². The second-order valence-corrected chi connectivity index (χ2v) is 5.52. The molecular weight excluding hydrogens is 214 g/mol. The first-order chi connectivity index (χ1) is 7.98. The highest BCUT2D eigenvalue weighted by molar-refractivity contribution is 5.36. The van der Waals surface area contributed by atoms with Crippen LogP contribution in [0.3, 0.4) is 0 Å². The minimum absolute atomic E-state index is 0.225. The number of hydrogen-bond acceptors (Lipinski definition) is 3. The van der Waals surface area contributed by atoms with Gasteiger partial charge in [-0.1, -0.05) is 6.92 Å². The van der Waals surface area contributed by atoms with Gasteiger partial charge in [-0.15, -0.1) is 0 Å². The molecule has 0 atom stereocenters. The summed E-state index contributed by atoms with van der Waals surface area (Å²) < 4.78 is 11.6. The number of aryl methyl sites for hydroxylation is 1. The lowest BCUT2D eigenvalue weighted by Crippen LogP contribution is -2.23. The van der Waals surface area contributed by atoms with Crippen LogP contribution in [0.15, 0.2) is 12.3 Å². The Labute approximate surface area is 103 Å². The van der Waals surface area contributed by atoms with E-state index in [1.165, 1.54) is 12.8 Å².